The van der Waals surface area contributed by atoms with Crippen LogP contribution >= 0.6 is 0 Å². The first-order chi connectivity index (χ1) is 10.2. The van der Waals surface area contributed by atoms with Crippen molar-refractivity contribution in [3.63, 3.8) is 0 Å². The molecule has 4 rings (SSSR count). The summed E-state index contributed by atoms with van der Waals surface area (Å²) in [4.78, 5) is 0. The van der Waals surface area contributed by atoms with Gasteiger partial charge in [0.1, 0.15) is 0 Å². The van der Waals surface area contributed by atoms with Crippen LogP contribution in [0.15, 0.2) is 24.3 Å². The van der Waals surface area contributed by atoms with E-state index >= 15 is 0 Å². The highest BCUT2D eigenvalue weighted by Crippen LogP contribution is 2.56. The zero-order valence-corrected chi connectivity index (χ0v) is 14.1. The molecule has 4 aliphatic carbocycles. The van der Waals surface area contributed by atoms with Crippen molar-refractivity contribution >= 4 is 20.2 Å². The van der Waals surface area contributed by atoms with Crippen LogP contribution in [0.4, 0.5) is 0 Å². The van der Waals surface area contributed by atoms with E-state index in [4.69, 9.17) is 8.37 Å². The highest BCUT2D eigenvalue weighted by Gasteiger charge is 2.52. The molecule has 22 heavy (non-hydrogen) atoms. The molecule has 1 saturated carbocycles. The molecular weight excluding hydrogens is 328 g/mol. The zero-order chi connectivity index (χ0) is 16.1. The van der Waals surface area contributed by atoms with Gasteiger partial charge in [0.25, 0.3) is 20.2 Å². The van der Waals surface area contributed by atoms with Crippen molar-refractivity contribution in [3.05, 3.63) is 24.3 Å². The molecule has 0 unspecified atom stereocenters. The van der Waals surface area contributed by atoms with Crippen LogP contribution in [-0.2, 0) is 28.6 Å². The van der Waals surface area contributed by atoms with Gasteiger partial charge in [0.15, 0.2) is 0 Å². The van der Waals surface area contributed by atoms with E-state index in [2.05, 4.69) is 24.3 Å². The molecule has 124 valence electrons. The molecule has 6 atom stereocenters. The van der Waals surface area contributed by atoms with Crippen LogP contribution < -0.4 is 0 Å². The Morgan fingerprint density at radius 2 is 1.00 bits per heavy atom. The van der Waals surface area contributed by atoms with Crippen LogP contribution in [0.3, 0.4) is 0 Å². The first-order valence-electron chi connectivity index (χ1n) is 7.21. The Balaban J connectivity index is 1.80. The van der Waals surface area contributed by atoms with Gasteiger partial charge in [-0.2, -0.15) is 16.8 Å². The van der Waals surface area contributed by atoms with Gasteiger partial charge in [0.05, 0.1) is 25.7 Å². The van der Waals surface area contributed by atoms with Crippen LogP contribution in [0, 0.1) is 35.5 Å². The quantitative estimate of drug-likeness (QED) is 0.521. The molecule has 0 aromatic rings. The van der Waals surface area contributed by atoms with E-state index in [0.29, 0.717) is 11.8 Å². The Kier molecular flexibility index (Phi) is 3.99. The minimum Gasteiger partial charge on any atom is -0.270 e. The predicted octanol–water partition coefficient (Wildman–Crippen LogP) is 0.789. The molecule has 0 heterocycles. The van der Waals surface area contributed by atoms with Gasteiger partial charge >= 0.3 is 0 Å². The van der Waals surface area contributed by atoms with Gasteiger partial charge in [-0.15, -0.1) is 0 Å². The summed E-state index contributed by atoms with van der Waals surface area (Å²) in [5, 5.41) is 0. The first-order valence-corrected chi connectivity index (χ1v) is 10.8. The monoisotopic (exact) mass is 348 g/mol. The van der Waals surface area contributed by atoms with Crippen molar-refractivity contribution in [1.82, 2.24) is 0 Å². The predicted molar refractivity (Wildman–Crippen MR) is 80.8 cm³/mol. The van der Waals surface area contributed by atoms with Gasteiger partial charge in [0, 0.05) is 0 Å². The van der Waals surface area contributed by atoms with Gasteiger partial charge in [-0.25, -0.2) is 0 Å². The standard InChI is InChI=1S/C14H20O6S2/c1-21(15,16)19-7-13-11-5-6-12(10-4-3-9(10)11)14(13)8-20-22(2,17)18/h3-6,9-14H,7-8H2,1-2H3/t9-,10-,11-,12+,13+,14-/m0/s1. The molecule has 1 fully saturated rings. The van der Waals surface area contributed by atoms with E-state index in [-0.39, 0.29) is 36.9 Å². The summed E-state index contributed by atoms with van der Waals surface area (Å²) in [6, 6.07) is 0. The van der Waals surface area contributed by atoms with Crippen molar-refractivity contribution in [2.24, 2.45) is 35.5 Å². The molecule has 6 nitrogen and oxygen atoms in total. The average Bonchev–Trinajstić information content (AvgIpc) is 2.32. The van der Waals surface area contributed by atoms with Crippen LogP contribution in [-0.4, -0.2) is 42.6 Å². The maximum Gasteiger partial charge on any atom is 0.264 e. The maximum atomic E-state index is 11.3. The molecule has 0 radical (unpaired) electrons. The van der Waals surface area contributed by atoms with Gasteiger partial charge in [0.2, 0.25) is 0 Å². The van der Waals surface area contributed by atoms with Gasteiger partial charge in [-0.3, -0.25) is 8.37 Å². The third kappa shape index (κ3) is 3.15. The summed E-state index contributed by atoms with van der Waals surface area (Å²) in [6.07, 6.45) is 10.6. The zero-order valence-electron chi connectivity index (χ0n) is 12.5. The summed E-state index contributed by atoms with van der Waals surface area (Å²) in [6.45, 7) is 0.137. The number of hydrogen-bond acceptors (Lipinski definition) is 6. The highest BCUT2D eigenvalue weighted by molar-refractivity contribution is 7.86. The minimum atomic E-state index is -3.52. The van der Waals surface area contributed by atoms with Crippen LogP contribution in [0.1, 0.15) is 0 Å². The summed E-state index contributed by atoms with van der Waals surface area (Å²) in [5.74, 6) is 1.04. The lowest BCUT2D eigenvalue weighted by Crippen LogP contribution is -2.52. The highest BCUT2D eigenvalue weighted by atomic mass is 32.2. The fraction of sp³-hybridized carbons (Fsp3) is 0.714. The SMILES string of the molecule is CS(=O)(=O)OC[C@@H]1[C@H]2C=C[C@H]([C@H]3C=C[C@@H]32)[C@@H]1COS(C)(=O)=O. The smallest absolute Gasteiger partial charge is 0.264 e. The molecule has 0 spiro atoms. The average molecular weight is 348 g/mol. The number of allylic oxidation sites excluding steroid dienone is 4. The summed E-state index contributed by atoms with van der Waals surface area (Å²) < 4.78 is 55.1. The van der Waals surface area contributed by atoms with Crippen molar-refractivity contribution in [1.29, 1.82) is 0 Å². The number of rotatable bonds is 6. The van der Waals surface area contributed by atoms with E-state index in [1.54, 1.807) is 0 Å². The second kappa shape index (κ2) is 5.43. The van der Waals surface area contributed by atoms with E-state index in [1.807, 2.05) is 0 Å². The second-order valence-corrected chi connectivity index (χ2v) is 9.67. The Labute approximate surface area is 131 Å². The normalized spacial score (nSPS) is 39.5. The first kappa shape index (κ1) is 16.2. The molecule has 0 N–H and O–H groups in total. The van der Waals surface area contributed by atoms with E-state index in [9.17, 15) is 16.8 Å². The molecule has 2 bridgehead atoms. The van der Waals surface area contributed by atoms with Crippen molar-refractivity contribution in [3.8, 4) is 0 Å². The van der Waals surface area contributed by atoms with Crippen molar-refractivity contribution < 1.29 is 25.2 Å². The third-order valence-electron chi connectivity index (χ3n) is 4.93. The molecule has 0 amide bonds. The Morgan fingerprint density at radius 1 is 0.682 bits per heavy atom. The van der Waals surface area contributed by atoms with E-state index in [1.165, 1.54) is 0 Å². The molecular formula is C14H20O6S2. The topological polar surface area (TPSA) is 86.7 Å². The van der Waals surface area contributed by atoms with Gasteiger partial charge < -0.3 is 0 Å². The number of hydrogen-bond donors (Lipinski definition) is 0. The molecule has 4 aliphatic rings. The van der Waals surface area contributed by atoms with Crippen LogP contribution in [0.2, 0.25) is 0 Å². The molecule has 0 aromatic carbocycles. The molecule has 0 aliphatic heterocycles. The molecule has 0 aromatic heterocycles. The Hall–Kier alpha value is -0.700. The van der Waals surface area contributed by atoms with Gasteiger partial charge in [-0.05, 0) is 35.5 Å². The van der Waals surface area contributed by atoms with Crippen molar-refractivity contribution in [2.75, 3.05) is 25.7 Å². The maximum absolute atomic E-state index is 11.3. The van der Waals surface area contributed by atoms with E-state index < -0.39 is 20.2 Å². The largest absolute Gasteiger partial charge is 0.270 e. The van der Waals surface area contributed by atoms with Crippen LogP contribution in [0.5, 0.6) is 0 Å². The second-order valence-electron chi connectivity index (χ2n) is 6.38. The Morgan fingerprint density at radius 3 is 1.27 bits per heavy atom. The lowest BCUT2D eigenvalue weighted by Gasteiger charge is -2.55. The lowest BCUT2D eigenvalue weighted by atomic mass is 9.50. The number of fused-ring (bicyclic) bond motifs is 1. The van der Waals surface area contributed by atoms with Gasteiger partial charge in [-0.1, -0.05) is 24.3 Å². The summed E-state index contributed by atoms with van der Waals surface area (Å²) >= 11 is 0. The third-order valence-corrected chi connectivity index (χ3v) is 6.06. The van der Waals surface area contributed by atoms with E-state index in [0.717, 1.165) is 12.5 Å². The fourth-order valence-electron chi connectivity index (χ4n) is 3.95. The van der Waals surface area contributed by atoms with Crippen LogP contribution in [0.25, 0.3) is 0 Å². The van der Waals surface area contributed by atoms with Crippen molar-refractivity contribution in [2.45, 2.75) is 0 Å². The molecule has 0 saturated heterocycles. The summed E-state index contributed by atoms with van der Waals surface area (Å²) in [7, 11) is -7.04. The Bertz CT molecular complexity index is 646. The summed E-state index contributed by atoms with van der Waals surface area (Å²) in [5.41, 5.74) is 0. The lowest BCUT2D eigenvalue weighted by molar-refractivity contribution is -0.0113. The fourth-order valence-corrected chi connectivity index (χ4v) is 4.76. The molecule has 8 heteroatoms. The minimum absolute atomic E-state index is 0.0577.